The zero-order valence-corrected chi connectivity index (χ0v) is 19.5. The second kappa shape index (κ2) is 10.3. The van der Waals surface area contributed by atoms with Gasteiger partial charge in [0, 0.05) is 5.02 Å². The van der Waals surface area contributed by atoms with E-state index >= 15 is 0 Å². The molecule has 5 nitrogen and oxygen atoms in total. The number of thiocarbonyl (C=S) groups is 1. The van der Waals surface area contributed by atoms with Crippen LogP contribution < -0.4 is 4.74 Å². The maximum Gasteiger partial charge on any atom is 0.326 e. The molecular formula is C23H22ClNO4S2. The van der Waals surface area contributed by atoms with Crippen molar-refractivity contribution < 1.29 is 19.4 Å². The highest BCUT2D eigenvalue weighted by molar-refractivity contribution is 8.26. The number of carbonyl (C=O) groups is 2. The van der Waals surface area contributed by atoms with Gasteiger partial charge in [0.05, 0.1) is 4.91 Å². The van der Waals surface area contributed by atoms with E-state index in [1.54, 1.807) is 6.08 Å². The number of ether oxygens (including phenoxy) is 1. The Morgan fingerprint density at radius 3 is 2.61 bits per heavy atom. The van der Waals surface area contributed by atoms with E-state index in [1.165, 1.54) is 4.90 Å². The van der Waals surface area contributed by atoms with Gasteiger partial charge in [0.15, 0.2) is 0 Å². The first-order chi connectivity index (χ1) is 14.7. The van der Waals surface area contributed by atoms with Gasteiger partial charge in [-0.05, 0) is 53.8 Å². The van der Waals surface area contributed by atoms with E-state index in [0.29, 0.717) is 28.7 Å². The van der Waals surface area contributed by atoms with Crippen LogP contribution in [0.4, 0.5) is 0 Å². The van der Waals surface area contributed by atoms with Gasteiger partial charge in [-0.2, -0.15) is 0 Å². The van der Waals surface area contributed by atoms with Crippen molar-refractivity contribution in [3.8, 4) is 5.75 Å². The lowest BCUT2D eigenvalue weighted by Gasteiger charge is -2.24. The Morgan fingerprint density at radius 1 is 1.26 bits per heavy atom. The van der Waals surface area contributed by atoms with E-state index in [1.807, 2.05) is 62.4 Å². The van der Waals surface area contributed by atoms with Crippen LogP contribution in [0.25, 0.3) is 6.08 Å². The molecule has 0 saturated carbocycles. The van der Waals surface area contributed by atoms with Gasteiger partial charge in [0.1, 0.15) is 22.7 Å². The number of thioether (sulfide) groups is 1. The number of hydrogen-bond acceptors (Lipinski definition) is 5. The van der Waals surface area contributed by atoms with Crippen LogP contribution in [0.2, 0.25) is 5.02 Å². The molecule has 1 heterocycles. The van der Waals surface area contributed by atoms with Gasteiger partial charge in [-0.15, -0.1) is 0 Å². The average Bonchev–Trinajstić information content (AvgIpc) is 2.98. The molecule has 1 aliphatic heterocycles. The molecule has 1 N–H and O–H groups in total. The van der Waals surface area contributed by atoms with Crippen molar-refractivity contribution in [2.75, 3.05) is 0 Å². The summed E-state index contributed by atoms with van der Waals surface area (Å²) >= 11 is 12.3. The largest absolute Gasteiger partial charge is 0.489 e. The molecule has 0 aliphatic carbocycles. The summed E-state index contributed by atoms with van der Waals surface area (Å²) in [4.78, 5) is 26.3. The summed E-state index contributed by atoms with van der Waals surface area (Å²) in [7, 11) is 0. The fourth-order valence-corrected chi connectivity index (χ4v) is 4.59. The van der Waals surface area contributed by atoms with Crippen LogP contribution in [-0.2, 0) is 16.2 Å². The molecule has 2 aromatic rings. The molecule has 1 amide bonds. The quantitative estimate of drug-likeness (QED) is 0.395. The normalized spacial score (nSPS) is 16.3. The Labute approximate surface area is 196 Å². The molecule has 0 spiro atoms. The minimum Gasteiger partial charge on any atom is -0.489 e. The summed E-state index contributed by atoms with van der Waals surface area (Å²) in [6.45, 7) is 4.22. The zero-order chi connectivity index (χ0) is 22.5. The zero-order valence-electron chi connectivity index (χ0n) is 17.1. The molecule has 1 saturated heterocycles. The predicted molar refractivity (Wildman–Crippen MR) is 128 cm³/mol. The second-order valence-electron chi connectivity index (χ2n) is 7.52. The SMILES string of the molecule is CC(C)C[C@@H](C(=O)O)N1C(=O)/C(=C/c2cccc(OCc3ccc(Cl)cc3)c2)SC1=S. The predicted octanol–water partition coefficient (Wildman–Crippen LogP) is 5.62. The lowest BCUT2D eigenvalue weighted by Crippen LogP contribution is -2.44. The van der Waals surface area contributed by atoms with Crippen LogP contribution in [0.15, 0.2) is 53.4 Å². The fraction of sp³-hybridized carbons (Fsp3) is 0.261. The molecule has 8 heteroatoms. The molecule has 1 fully saturated rings. The van der Waals surface area contributed by atoms with E-state index in [2.05, 4.69) is 0 Å². The van der Waals surface area contributed by atoms with Crippen molar-refractivity contribution in [2.45, 2.75) is 32.9 Å². The Balaban J connectivity index is 1.74. The summed E-state index contributed by atoms with van der Waals surface area (Å²) in [5, 5.41) is 10.3. The summed E-state index contributed by atoms with van der Waals surface area (Å²) in [5.41, 5.74) is 1.75. The minimum absolute atomic E-state index is 0.115. The number of hydrogen-bond donors (Lipinski definition) is 1. The first-order valence-corrected chi connectivity index (χ1v) is 11.3. The summed E-state index contributed by atoms with van der Waals surface area (Å²) < 4.78 is 6.10. The van der Waals surface area contributed by atoms with Crippen molar-refractivity contribution in [3.05, 3.63) is 69.6 Å². The highest BCUT2D eigenvalue weighted by Gasteiger charge is 2.40. The highest BCUT2D eigenvalue weighted by atomic mass is 35.5. The third-order valence-corrected chi connectivity index (χ3v) is 6.17. The molecule has 1 aliphatic rings. The molecule has 31 heavy (non-hydrogen) atoms. The number of rotatable bonds is 8. The van der Waals surface area contributed by atoms with Gasteiger partial charge in [0.25, 0.3) is 5.91 Å². The second-order valence-corrected chi connectivity index (χ2v) is 9.64. The topological polar surface area (TPSA) is 66.8 Å². The number of carbonyl (C=O) groups excluding carboxylic acids is 1. The third-order valence-electron chi connectivity index (χ3n) is 4.59. The number of carboxylic acids is 1. The molecule has 2 aromatic carbocycles. The number of halogens is 1. The maximum absolute atomic E-state index is 12.9. The van der Waals surface area contributed by atoms with E-state index in [4.69, 9.17) is 28.6 Å². The highest BCUT2D eigenvalue weighted by Crippen LogP contribution is 2.35. The van der Waals surface area contributed by atoms with E-state index < -0.39 is 12.0 Å². The Hall–Kier alpha value is -2.35. The maximum atomic E-state index is 12.9. The summed E-state index contributed by atoms with van der Waals surface area (Å²) in [6, 6.07) is 13.8. The first kappa shape index (κ1) is 23.3. The lowest BCUT2D eigenvalue weighted by molar-refractivity contribution is -0.145. The van der Waals surface area contributed by atoms with Crippen LogP contribution in [0.5, 0.6) is 5.75 Å². The Bertz CT molecular complexity index is 1020. The third kappa shape index (κ3) is 6.09. The molecule has 3 rings (SSSR count). The van der Waals surface area contributed by atoms with E-state index in [9.17, 15) is 14.7 Å². The van der Waals surface area contributed by atoms with Gasteiger partial charge in [-0.1, -0.05) is 73.7 Å². The smallest absolute Gasteiger partial charge is 0.326 e. The first-order valence-electron chi connectivity index (χ1n) is 9.71. The lowest BCUT2D eigenvalue weighted by atomic mass is 10.0. The standard InChI is InChI=1S/C23H22ClNO4S2/c1-14(2)10-19(22(27)28)25-21(26)20(31-23(25)30)12-16-4-3-5-18(11-16)29-13-15-6-8-17(24)9-7-15/h3-9,11-12,14,19H,10,13H2,1-2H3,(H,27,28)/b20-12-/t19-/m0/s1. The number of nitrogens with zero attached hydrogens (tertiary/aromatic N) is 1. The Kier molecular flexibility index (Phi) is 7.75. The Morgan fingerprint density at radius 2 is 1.97 bits per heavy atom. The summed E-state index contributed by atoms with van der Waals surface area (Å²) in [5.74, 6) is -0.661. The summed E-state index contributed by atoms with van der Waals surface area (Å²) in [6.07, 6.45) is 2.05. The van der Waals surface area contributed by atoms with Gasteiger partial charge < -0.3 is 9.84 Å². The van der Waals surface area contributed by atoms with Crippen LogP contribution in [0, 0.1) is 5.92 Å². The number of aliphatic carboxylic acids is 1. The van der Waals surface area contributed by atoms with Crippen molar-refractivity contribution in [3.63, 3.8) is 0 Å². The number of amides is 1. The van der Waals surface area contributed by atoms with Crippen LogP contribution in [0.3, 0.4) is 0 Å². The average molecular weight is 476 g/mol. The van der Waals surface area contributed by atoms with Crippen LogP contribution in [-0.4, -0.2) is 32.2 Å². The van der Waals surface area contributed by atoms with Crippen molar-refractivity contribution in [1.29, 1.82) is 0 Å². The van der Waals surface area contributed by atoms with E-state index in [0.717, 1.165) is 22.9 Å². The molecule has 0 radical (unpaired) electrons. The number of carboxylic acid groups (broad SMARTS) is 1. The van der Waals surface area contributed by atoms with Gasteiger partial charge >= 0.3 is 5.97 Å². The van der Waals surface area contributed by atoms with Crippen LogP contribution in [0.1, 0.15) is 31.4 Å². The molecular weight excluding hydrogens is 454 g/mol. The molecule has 0 bridgehead atoms. The van der Waals surface area contributed by atoms with Gasteiger partial charge in [-0.3, -0.25) is 9.69 Å². The number of benzene rings is 2. The van der Waals surface area contributed by atoms with Gasteiger partial charge in [0.2, 0.25) is 0 Å². The molecule has 162 valence electrons. The monoisotopic (exact) mass is 475 g/mol. The van der Waals surface area contributed by atoms with Crippen LogP contribution >= 0.6 is 35.6 Å². The fourth-order valence-electron chi connectivity index (χ4n) is 3.10. The van der Waals surface area contributed by atoms with Gasteiger partial charge in [-0.25, -0.2) is 4.79 Å². The minimum atomic E-state index is -1.05. The molecule has 0 aromatic heterocycles. The van der Waals surface area contributed by atoms with E-state index in [-0.39, 0.29) is 16.1 Å². The molecule has 1 atom stereocenters. The van der Waals surface area contributed by atoms with Crippen molar-refractivity contribution in [2.24, 2.45) is 5.92 Å². The van der Waals surface area contributed by atoms with Crippen molar-refractivity contribution >= 4 is 57.9 Å². The molecule has 0 unspecified atom stereocenters. The van der Waals surface area contributed by atoms with Crippen molar-refractivity contribution in [1.82, 2.24) is 4.90 Å².